The number of benzene rings is 1. The summed E-state index contributed by atoms with van der Waals surface area (Å²) in [4.78, 5) is 26.6. The second-order valence-corrected chi connectivity index (χ2v) is 8.48. The zero-order valence-electron chi connectivity index (χ0n) is 18.3. The molecule has 0 bridgehead atoms. The van der Waals surface area contributed by atoms with Crippen molar-refractivity contribution in [1.82, 2.24) is 14.9 Å². The van der Waals surface area contributed by atoms with Gasteiger partial charge in [0.25, 0.3) is 0 Å². The van der Waals surface area contributed by atoms with Crippen LogP contribution in [0.3, 0.4) is 0 Å². The molecule has 0 aliphatic carbocycles. The van der Waals surface area contributed by atoms with Gasteiger partial charge in [-0.25, -0.2) is 9.97 Å². The Morgan fingerprint density at radius 3 is 2.90 bits per heavy atom. The molecule has 3 heterocycles. The quantitative estimate of drug-likeness (QED) is 0.751. The first-order chi connectivity index (χ1) is 14.5. The number of anilines is 1. The number of fused-ring (bicyclic) bond motifs is 1. The fraction of sp³-hybridized carbons (Fsp3) is 0.609. The smallest absolute Gasteiger partial charge is 0.227 e. The highest BCUT2D eigenvalue weighted by Gasteiger charge is 2.30. The molecule has 2 aliphatic rings. The highest BCUT2D eigenvalue weighted by atomic mass is 16.5. The summed E-state index contributed by atoms with van der Waals surface area (Å²) in [5.74, 6) is 1.65. The van der Waals surface area contributed by atoms with E-state index >= 15 is 0 Å². The number of ether oxygens (including phenoxy) is 2. The van der Waals surface area contributed by atoms with Crippen LogP contribution in [0.4, 0.5) is 5.95 Å². The molecule has 2 unspecified atom stereocenters. The summed E-state index contributed by atoms with van der Waals surface area (Å²) in [6.07, 6.45) is 5.40. The Labute approximate surface area is 178 Å². The van der Waals surface area contributed by atoms with Crippen LogP contribution in [0.2, 0.25) is 0 Å². The van der Waals surface area contributed by atoms with Gasteiger partial charge >= 0.3 is 0 Å². The van der Waals surface area contributed by atoms with Gasteiger partial charge < -0.3 is 19.3 Å². The number of amides is 1. The number of likely N-dealkylation sites (N-methyl/N-ethyl adjacent to an activating group) is 1. The monoisotopic (exact) mass is 412 g/mol. The van der Waals surface area contributed by atoms with E-state index in [0.717, 1.165) is 61.2 Å². The molecule has 30 heavy (non-hydrogen) atoms. The fourth-order valence-corrected chi connectivity index (χ4v) is 4.54. The van der Waals surface area contributed by atoms with Crippen molar-refractivity contribution in [2.24, 2.45) is 5.92 Å². The first-order valence-corrected chi connectivity index (χ1v) is 11.0. The van der Waals surface area contributed by atoms with Crippen LogP contribution in [-0.4, -0.2) is 67.3 Å². The summed E-state index contributed by atoms with van der Waals surface area (Å²) >= 11 is 0. The van der Waals surface area contributed by atoms with Crippen LogP contribution in [-0.2, 0) is 9.53 Å². The van der Waals surface area contributed by atoms with Gasteiger partial charge in [-0.2, -0.15) is 0 Å². The predicted octanol–water partition coefficient (Wildman–Crippen LogP) is 3.19. The number of hydrogen-bond acceptors (Lipinski definition) is 6. The van der Waals surface area contributed by atoms with Gasteiger partial charge in [-0.1, -0.05) is 0 Å². The van der Waals surface area contributed by atoms with Crippen LogP contribution >= 0.6 is 0 Å². The number of carbonyl (C=O) groups is 1. The van der Waals surface area contributed by atoms with Crippen molar-refractivity contribution < 1.29 is 14.3 Å². The minimum absolute atomic E-state index is 0.0303. The van der Waals surface area contributed by atoms with Gasteiger partial charge in [0.2, 0.25) is 11.9 Å². The SMILES string of the molecule is COc1ccc2c(C)nc(N3CCCC(C(=O)N(C)CC4CCCCO4)C3)nc2c1. The molecule has 1 aromatic heterocycles. The van der Waals surface area contributed by atoms with Crippen molar-refractivity contribution in [2.45, 2.75) is 45.1 Å². The molecule has 4 rings (SSSR count). The van der Waals surface area contributed by atoms with E-state index in [2.05, 4.69) is 4.90 Å². The number of hydrogen-bond donors (Lipinski definition) is 0. The van der Waals surface area contributed by atoms with Crippen molar-refractivity contribution in [3.05, 3.63) is 23.9 Å². The molecule has 0 N–H and O–H groups in total. The van der Waals surface area contributed by atoms with E-state index in [1.165, 1.54) is 6.42 Å². The maximum Gasteiger partial charge on any atom is 0.227 e. The Morgan fingerprint density at radius 1 is 1.27 bits per heavy atom. The molecular formula is C23H32N4O3. The van der Waals surface area contributed by atoms with Gasteiger partial charge in [0, 0.05) is 44.7 Å². The molecular weight excluding hydrogens is 380 g/mol. The normalized spacial score (nSPS) is 22.2. The highest BCUT2D eigenvalue weighted by Crippen LogP contribution is 2.27. The largest absolute Gasteiger partial charge is 0.497 e. The average molecular weight is 413 g/mol. The zero-order valence-corrected chi connectivity index (χ0v) is 18.3. The van der Waals surface area contributed by atoms with E-state index < -0.39 is 0 Å². The second-order valence-electron chi connectivity index (χ2n) is 8.48. The lowest BCUT2D eigenvalue weighted by atomic mass is 9.96. The van der Waals surface area contributed by atoms with Crippen LogP contribution in [0.1, 0.15) is 37.8 Å². The first-order valence-electron chi connectivity index (χ1n) is 11.0. The Bertz CT molecular complexity index is 897. The van der Waals surface area contributed by atoms with Gasteiger partial charge in [-0.15, -0.1) is 0 Å². The van der Waals surface area contributed by atoms with E-state index in [1.54, 1.807) is 7.11 Å². The standard InChI is InChI=1S/C23H32N4O3/c1-16-20-10-9-18(29-3)13-21(20)25-23(24-16)27-11-6-7-17(14-27)22(28)26(2)15-19-8-4-5-12-30-19/h9-10,13,17,19H,4-8,11-12,14-15H2,1-3H3. The molecule has 2 atom stereocenters. The van der Waals surface area contributed by atoms with Crippen LogP contribution in [0.15, 0.2) is 18.2 Å². The molecule has 7 nitrogen and oxygen atoms in total. The summed E-state index contributed by atoms with van der Waals surface area (Å²) in [5, 5.41) is 1.02. The lowest BCUT2D eigenvalue weighted by Gasteiger charge is -2.35. The maximum atomic E-state index is 13.1. The lowest BCUT2D eigenvalue weighted by Crippen LogP contribution is -2.46. The molecule has 0 spiro atoms. The third kappa shape index (κ3) is 4.51. The molecule has 2 aromatic rings. The zero-order chi connectivity index (χ0) is 21.1. The van der Waals surface area contributed by atoms with Crippen LogP contribution in [0.5, 0.6) is 5.75 Å². The minimum atomic E-state index is -0.0303. The van der Waals surface area contributed by atoms with E-state index in [0.29, 0.717) is 19.0 Å². The van der Waals surface area contributed by atoms with Crippen molar-refractivity contribution in [2.75, 3.05) is 45.3 Å². The summed E-state index contributed by atoms with van der Waals surface area (Å²) in [5.41, 5.74) is 1.81. The molecule has 2 fully saturated rings. The number of nitrogens with zero attached hydrogens (tertiary/aromatic N) is 4. The van der Waals surface area contributed by atoms with Gasteiger partial charge in [-0.05, 0) is 51.2 Å². The fourth-order valence-electron chi connectivity index (χ4n) is 4.54. The maximum absolute atomic E-state index is 13.1. The van der Waals surface area contributed by atoms with E-state index in [-0.39, 0.29) is 17.9 Å². The Balaban J connectivity index is 1.47. The number of rotatable bonds is 5. The van der Waals surface area contributed by atoms with E-state index in [9.17, 15) is 4.79 Å². The molecule has 2 saturated heterocycles. The van der Waals surface area contributed by atoms with E-state index in [4.69, 9.17) is 19.4 Å². The average Bonchev–Trinajstić information content (AvgIpc) is 2.78. The first kappa shape index (κ1) is 20.8. The van der Waals surface area contributed by atoms with Crippen molar-refractivity contribution in [1.29, 1.82) is 0 Å². The Morgan fingerprint density at radius 2 is 2.13 bits per heavy atom. The lowest BCUT2D eigenvalue weighted by molar-refractivity contribution is -0.136. The number of methoxy groups -OCH3 is 1. The summed E-state index contributed by atoms with van der Waals surface area (Å²) < 4.78 is 11.2. The van der Waals surface area contributed by atoms with Crippen LogP contribution < -0.4 is 9.64 Å². The van der Waals surface area contributed by atoms with Gasteiger partial charge in [0.05, 0.1) is 30.3 Å². The highest BCUT2D eigenvalue weighted by molar-refractivity contribution is 5.83. The summed E-state index contributed by atoms with van der Waals surface area (Å²) in [6, 6.07) is 5.87. The third-order valence-electron chi connectivity index (χ3n) is 6.26. The van der Waals surface area contributed by atoms with Crippen molar-refractivity contribution in [3.63, 3.8) is 0 Å². The van der Waals surface area contributed by atoms with Crippen LogP contribution in [0.25, 0.3) is 10.9 Å². The Kier molecular flexibility index (Phi) is 6.37. The molecule has 2 aliphatic heterocycles. The summed E-state index contributed by atoms with van der Waals surface area (Å²) in [6.45, 7) is 5.02. The number of carbonyl (C=O) groups excluding carboxylic acids is 1. The number of aromatic nitrogens is 2. The predicted molar refractivity (Wildman–Crippen MR) is 117 cm³/mol. The number of piperidine rings is 1. The molecule has 0 radical (unpaired) electrons. The van der Waals surface area contributed by atoms with E-state index in [1.807, 2.05) is 37.1 Å². The summed E-state index contributed by atoms with van der Waals surface area (Å²) in [7, 11) is 3.56. The topological polar surface area (TPSA) is 67.8 Å². The molecule has 7 heteroatoms. The van der Waals surface area contributed by atoms with Crippen molar-refractivity contribution >= 4 is 22.8 Å². The second kappa shape index (κ2) is 9.16. The van der Waals surface area contributed by atoms with Crippen LogP contribution in [0, 0.1) is 12.8 Å². The molecule has 0 saturated carbocycles. The van der Waals surface area contributed by atoms with Gasteiger partial charge in [0.15, 0.2) is 0 Å². The number of aryl methyl sites for hydroxylation is 1. The van der Waals surface area contributed by atoms with Gasteiger partial charge in [-0.3, -0.25) is 4.79 Å². The van der Waals surface area contributed by atoms with Gasteiger partial charge in [0.1, 0.15) is 5.75 Å². The minimum Gasteiger partial charge on any atom is -0.497 e. The molecule has 162 valence electrons. The third-order valence-corrected chi connectivity index (χ3v) is 6.26. The van der Waals surface area contributed by atoms with Crippen molar-refractivity contribution in [3.8, 4) is 5.75 Å². The molecule has 1 amide bonds. The molecule has 1 aromatic carbocycles. The Hall–Kier alpha value is -2.41.